The van der Waals surface area contributed by atoms with E-state index in [1.54, 1.807) is 0 Å². The topological polar surface area (TPSA) is 57.5 Å². The molecule has 3 fully saturated rings. The highest BCUT2D eigenvalue weighted by Gasteiger charge is 2.45. The number of hydrogen-bond donors (Lipinski definition) is 2. The molecule has 5 heteroatoms. The largest absolute Gasteiger partial charge is 0.481 e. The van der Waals surface area contributed by atoms with Gasteiger partial charge in [-0.15, -0.1) is 23.5 Å². The average Bonchev–Trinajstić information content (AvgIpc) is 2.55. The van der Waals surface area contributed by atoms with Crippen LogP contribution in [-0.4, -0.2) is 37.4 Å². The molecule has 0 saturated carbocycles. The van der Waals surface area contributed by atoms with E-state index in [4.69, 9.17) is 5.11 Å². The van der Waals surface area contributed by atoms with Crippen LogP contribution in [0.5, 0.6) is 0 Å². The summed E-state index contributed by atoms with van der Waals surface area (Å²) in [5.74, 6) is -0.0773. The fourth-order valence-corrected chi connectivity index (χ4v) is 7.16. The van der Waals surface area contributed by atoms with E-state index in [1.807, 2.05) is 6.08 Å². The Hall–Kier alpha value is -0.390. The molecule has 5 atom stereocenters. The molecule has 0 radical (unpaired) electrons. The highest BCUT2D eigenvalue weighted by Crippen LogP contribution is 2.57. The number of carboxylic acid groups (broad SMARTS) is 1. The first-order chi connectivity index (χ1) is 12.1. The lowest BCUT2D eigenvalue weighted by Gasteiger charge is -2.49. The first-order valence-electron chi connectivity index (χ1n) is 9.64. The summed E-state index contributed by atoms with van der Waals surface area (Å²) >= 11 is 4.16. The third-order valence-corrected chi connectivity index (χ3v) is 8.29. The second kappa shape index (κ2) is 11.3. The number of aliphatic hydroxyl groups excluding tert-OH is 1. The van der Waals surface area contributed by atoms with E-state index in [2.05, 4.69) is 48.7 Å². The maximum absolute atomic E-state index is 10.5. The Morgan fingerprint density at radius 3 is 2.76 bits per heavy atom. The molecule has 0 amide bonds. The van der Waals surface area contributed by atoms with Gasteiger partial charge in [0, 0.05) is 16.9 Å². The van der Waals surface area contributed by atoms with E-state index in [-0.39, 0.29) is 12.5 Å². The maximum Gasteiger partial charge on any atom is 0.303 e. The second-order valence-electron chi connectivity index (χ2n) is 7.05. The molecule has 0 aromatic carbocycles. The Kier molecular flexibility index (Phi) is 9.50. The first kappa shape index (κ1) is 20.9. The van der Waals surface area contributed by atoms with Crippen LogP contribution < -0.4 is 0 Å². The summed E-state index contributed by atoms with van der Waals surface area (Å²) in [4.78, 5) is 10.5. The van der Waals surface area contributed by atoms with Gasteiger partial charge in [0.25, 0.3) is 0 Å². The predicted octanol–water partition coefficient (Wildman–Crippen LogP) is 5.25. The number of carbonyl (C=O) groups is 1. The number of aliphatic carboxylic acids is 1. The van der Waals surface area contributed by atoms with Gasteiger partial charge in [0.1, 0.15) is 0 Å². The number of fused-ring (bicyclic) bond motifs is 2. The first-order valence-corrected chi connectivity index (χ1v) is 11.5. The van der Waals surface area contributed by atoms with E-state index in [0.717, 1.165) is 41.9 Å². The van der Waals surface area contributed by atoms with Crippen molar-refractivity contribution in [2.45, 2.75) is 85.9 Å². The van der Waals surface area contributed by atoms with Crippen LogP contribution >= 0.6 is 23.5 Å². The molecular formula is C20H32O3S2. The summed E-state index contributed by atoms with van der Waals surface area (Å²) < 4.78 is 0.743. The third kappa shape index (κ3) is 7.40. The Bertz CT molecular complexity index is 458. The predicted molar refractivity (Wildman–Crippen MR) is 109 cm³/mol. The monoisotopic (exact) mass is 384 g/mol. The van der Waals surface area contributed by atoms with Crippen LogP contribution in [0, 0.1) is 5.92 Å². The van der Waals surface area contributed by atoms with Gasteiger partial charge in [-0.05, 0) is 38.0 Å². The SMILES string of the molecule is CCCCC[C@H](O)/C=C/[C@H]1S[C@H]2C[C@H](S2)[C@@H]1C/C=C\CCCC(=O)O. The molecule has 0 aromatic rings. The normalized spacial score (nSPS) is 29.8. The lowest BCUT2D eigenvalue weighted by atomic mass is 9.92. The fraction of sp³-hybridized carbons (Fsp3) is 0.750. The van der Waals surface area contributed by atoms with E-state index in [0.29, 0.717) is 11.2 Å². The lowest BCUT2D eigenvalue weighted by molar-refractivity contribution is -0.137. The van der Waals surface area contributed by atoms with Crippen LogP contribution in [-0.2, 0) is 4.79 Å². The van der Waals surface area contributed by atoms with Crippen LogP contribution in [0.1, 0.15) is 64.7 Å². The molecule has 3 aliphatic heterocycles. The lowest BCUT2D eigenvalue weighted by Crippen LogP contribution is -2.43. The summed E-state index contributed by atoms with van der Waals surface area (Å²) in [6.07, 6.45) is 16.9. The molecule has 3 nitrogen and oxygen atoms in total. The minimum absolute atomic E-state index is 0.255. The number of allylic oxidation sites excluding steroid dienone is 2. The van der Waals surface area contributed by atoms with E-state index < -0.39 is 5.97 Å². The van der Waals surface area contributed by atoms with E-state index >= 15 is 0 Å². The molecule has 0 spiro atoms. The van der Waals surface area contributed by atoms with Gasteiger partial charge in [-0.25, -0.2) is 0 Å². The van der Waals surface area contributed by atoms with Gasteiger partial charge in [0.2, 0.25) is 0 Å². The number of rotatable bonds is 12. The van der Waals surface area contributed by atoms with Crippen molar-refractivity contribution >= 4 is 29.5 Å². The van der Waals surface area contributed by atoms with Gasteiger partial charge in [0.15, 0.2) is 0 Å². The number of carboxylic acids is 1. The van der Waals surface area contributed by atoms with Crippen molar-refractivity contribution in [1.29, 1.82) is 0 Å². The zero-order valence-corrected chi connectivity index (χ0v) is 16.8. The number of hydrogen-bond acceptors (Lipinski definition) is 4. The molecule has 0 unspecified atom stereocenters. The van der Waals surface area contributed by atoms with E-state index in [1.165, 1.54) is 19.3 Å². The van der Waals surface area contributed by atoms with Gasteiger partial charge in [-0.1, -0.05) is 50.5 Å². The van der Waals surface area contributed by atoms with Crippen molar-refractivity contribution in [3.05, 3.63) is 24.3 Å². The summed E-state index contributed by atoms with van der Waals surface area (Å²) in [7, 11) is 0. The molecule has 3 aliphatic rings. The summed E-state index contributed by atoms with van der Waals surface area (Å²) in [5, 5.41) is 20.0. The van der Waals surface area contributed by atoms with Crippen molar-refractivity contribution in [3.8, 4) is 0 Å². The second-order valence-corrected chi connectivity index (χ2v) is 10.2. The fourth-order valence-electron chi connectivity index (χ4n) is 3.38. The molecular weight excluding hydrogens is 352 g/mol. The molecule has 3 saturated heterocycles. The molecule has 2 bridgehead atoms. The molecule has 3 heterocycles. The van der Waals surface area contributed by atoms with Crippen molar-refractivity contribution in [2.24, 2.45) is 5.92 Å². The summed E-state index contributed by atoms with van der Waals surface area (Å²) in [6.45, 7) is 2.19. The van der Waals surface area contributed by atoms with Crippen LogP contribution in [0.4, 0.5) is 0 Å². The highest BCUT2D eigenvalue weighted by molar-refractivity contribution is 8.19. The zero-order valence-electron chi connectivity index (χ0n) is 15.2. The van der Waals surface area contributed by atoms with Crippen LogP contribution in [0.3, 0.4) is 0 Å². The quantitative estimate of drug-likeness (QED) is 0.355. The smallest absolute Gasteiger partial charge is 0.303 e. The highest BCUT2D eigenvalue weighted by atomic mass is 32.2. The minimum Gasteiger partial charge on any atom is -0.481 e. The number of aliphatic hydroxyl groups is 1. The van der Waals surface area contributed by atoms with Crippen molar-refractivity contribution in [1.82, 2.24) is 0 Å². The van der Waals surface area contributed by atoms with Crippen molar-refractivity contribution < 1.29 is 15.0 Å². The number of thioether (sulfide) groups is 2. The van der Waals surface area contributed by atoms with Crippen molar-refractivity contribution in [3.63, 3.8) is 0 Å². The maximum atomic E-state index is 10.5. The van der Waals surface area contributed by atoms with Crippen LogP contribution in [0.2, 0.25) is 0 Å². The molecule has 142 valence electrons. The minimum atomic E-state index is -0.711. The summed E-state index contributed by atoms with van der Waals surface area (Å²) in [6, 6.07) is 0. The van der Waals surface area contributed by atoms with Crippen molar-refractivity contribution in [2.75, 3.05) is 0 Å². The Morgan fingerprint density at radius 2 is 2.04 bits per heavy atom. The molecule has 3 rings (SSSR count). The summed E-state index contributed by atoms with van der Waals surface area (Å²) in [5.41, 5.74) is 0. The van der Waals surface area contributed by atoms with E-state index in [9.17, 15) is 9.90 Å². The molecule has 25 heavy (non-hydrogen) atoms. The van der Waals surface area contributed by atoms with Gasteiger partial charge >= 0.3 is 5.97 Å². The number of unbranched alkanes of at least 4 members (excludes halogenated alkanes) is 3. The van der Waals surface area contributed by atoms with Gasteiger partial charge in [-0.2, -0.15) is 0 Å². The third-order valence-electron chi connectivity index (χ3n) is 4.92. The Balaban J connectivity index is 1.76. The van der Waals surface area contributed by atoms with Gasteiger partial charge < -0.3 is 10.2 Å². The molecule has 0 aromatic heterocycles. The Labute approximate surface area is 160 Å². The molecule has 2 N–H and O–H groups in total. The van der Waals surface area contributed by atoms with Crippen LogP contribution in [0.15, 0.2) is 24.3 Å². The Morgan fingerprint density at radius 1 is 1.24 bits per heavy atom. The standard InChI is InChI=1S/C20H32O3S2/c1-2-3-6-9-15(21)12-13-17-16(18-14-20(24-17)25-18)10-7-4-5-8-11-19(22)23/h4,7,12-13,15-18,20-21H,2-3,5-6,8-11,14H2,1H3,(H,22,23)/b7-4-,13-12+/t15-,16+,17+,18-,20+/m0/s1. The average molecular weight is 385 g/mol. The molecule has 0 aliphatic carbocycles. The zero-order chi connectivity index (χ0) is 18.1. The van der Waals surface area contributed by atoms with Crippen LogP contribution in [0.25, 0.3) is 0 Å². The van der Waals surface area contributed by atoms with Gasteiger partial charge in [0.05, 0.1) is 10.7 Å². The van der Waals surface area contributed by atoms with Gasteiger partial charge in [-0.3, -0.25) is 4.79 Å².